The predicted octanol–water partition coefficient (Wildman–Crippen LogP) is 7.36. The summed E-state index contributed by atoms with van der Waals surface area (Å²) >= 11 is 0. The first-order chi connectivity index (χ1) is 11.5. The lowest BCUT2D eigenvalue weighted by atomic mass is 9.80. The van der Waals surface area contributed by atoms with Crippen molar-refractivity contribution in [2.24, 2.45) is 5.41 Å². The largest absolute Gasteiger partial charge is 0.497 e. The SMILES string of the molecule is CCC(C)(C)C(O[Si](C(C)C)(C(C)C)C(C)C)c1cccc(OC)c1. The van der Waals surface area contributed by atoms with Crippen LogP contribution in [0.25, 0.3) is 0 Å². The van der Waals surface area contributed by atoms with Gasteiger partial charge in [0.1, 0.15) is 5.75 Å². The lowest BCUT2D eigenvalue weighted by Crippen LogP contribution is -2.50. The Kier molecular flexibility index (Phi) is 7.76. The molecule has 25 heavy (non-hydrogen) atoms. The summed E-state index contributed by atoms with van der Waals surface area (Å²) in [6.45, 7) is 21.1. The van der Waals surface area contributed by atoms with Gasteiger partial charge in [-0.1, -0.05) is 74.4 Å². The zero-order valence-corrected chi connectivity index (χ0v) is 19.1. The van der Waals surface area contributed by atoms with Crippen molar-refractivity contribution in [1.29, 1.82) is 0 Å². The summed E-state index contributed by atoms with van der Waals surface area (Å²) < 4.78 is 12.7. The van der Waals surface area contributed by atoms with Gasteiger partial charge in [0, 0.05) is 0 Å². The van der Waals surface area contributed by atoms with E-state index in [1.54, 1.807) is 7.11 Å². The average Bonchev–Trinajstić information content (AvgIpc) is 2.54. The van der Waals surface area contributed by atoms with Gasteiger partial charge in [-0.15, -0.1) is 0 Å². The van der Waals surface area contributed by atoms with E-state index in [2.05, 4.69) is 80.5 Å². The standard InChI is InChI=1S/C22H40O2Si/c1-11-22(8,9)21(19-13-12-14-20(15-19)23-10)24-25(16(2)3,17(4)5)18(6)7/h12-18,21H,11H2,1-10H3. The van der Waals surface area contributed by atoms with E-state index < -0.39 is 8.32 Å². The van der Waals surface area contributed by atoms with E-state index in [1.807, 2.05) is 6.07 Å². The van der Waals surface area contributed by atoms with E-state index in [4.69, 9.17) is 9.16 Å². The molecule has 0 bridgehead atoms. The second-order valence-corrected chi connectivity index (χ2v) is 14.3. The van der Waals surface area contributed by atoms with Crippen LogP contribution in [0.15, 0.2) is 24.3 Å². The maximum Gasteiger partial charge on any atom is 0.201 e. The first-order valence-electron chi connectivity index (χ1n) is 9.84. The number of methoxy groups -OCH3 is 1. The van der Waals surface area contributed by atoms with E-state index in [1.165, 1.54) is 5.56 Å². The van der Waals surface area contributed by atoms with E-state index in [9.17, 15) is 0 Å². The lowest BCUT2D eigenvalue weighted by molar-refractivity contribution is 0.0524. The molecule has 0 fully saturated rings. The molecule has 0 saturated heterocycles. The molecule has 0 amide bonds. The minimum absolute atomic E-state index is 0.0727. The van der Waals surface area contributed by atoms with Crippen LogP contribution < -0.4 is 4.74 Å². The van der Waals surface area contributed by atoms with Crippen LogP contribution in [0.4, 0.5) is 0 Å². The summed E-state index contributed by atoms with van der Waals surface area (Å²) in [5.41, 5.74) is 3.04. The van der Waals surface area contributed by atoms with Gasteiger partial charge >= 0.3 is 0 Å². The first-order valence-corrected chi connectivity index (χ1v) is 12.0. The van der Waals surface area contributed by atoms with E-state index in [0.29, 0.717) is 16.6 Å². The van der Waals surface area contributed by atoms with Crippen LogP contribution in [-0.4, -0.2) is 15.4 Å². The second kappa shape index (κ2) is 8.72. The first kappa shape index (κ1) is 22.2. The second-order valence-electron chi connectivity index (χ2n) is 8.93. The normalized spacial score (nSPS) is 14.4. The highest BCUT2D eigenvalue weighted by atomic mass is 28.4. The van der Waals surface area contributed by atoms with Crippen LogP contribution in [0.2, 0.25) is 16.6 Å². The van der Waals surface area contributed by atoms with Crippen LogP contribution in [0.5, 0.6) is 5.75 Å². The molecule has 0 spiro atoms. The Labute approximate surface area is 157 Å². The number of benzene rings is 1. The molecule has 0 N–H and O–H groups in total. The Morgan fingerprint density at radius 1 is 0.960 bits per heavy atom. The van der Waals surface area contributed by atoms with Crippen LogP contribution in [-0.2, 0) is 4.43 Å². The van der Waals surface area contributed by atoms with Gasteiger partial charge in [-0.3, -0.25) is 0 Å². The number of hydrogen-bond acceptors (Lipinski definition) is 2. The van der Waals surface area contributed by atoms with Crippen molar-refractivity contribution in [2.45, 2.75) is 91.5 Å². The summed E-state index contributed by atoms with van der Waals surface area (Å²) in [5, 5.41) is 0. The van der Waals surface area contributed by atoms with Crippen molar-refractivity contribution in [1.82, 2.24) is 0 Å². The minimum atomic E-state index is -1.97. The molecule has 0 aromatic heterocycles. The van der Waals surface area contributed by atoms with Gasteiger partial charge in [-0.05, 0) is 46.2 Å². The van der Waals surface area contributed by atoms with Crippen molar-refractivity contribution < 1.29 is 9.16 Å². The Balaban J connectivity index is 3.46. The summed E-state index contributed by atoms with van der Waals surface area (Å²) in [7, 11) is -0.236. The highest BCUT2D eigenvalue weighted by Gasteiger charge is 2.48. The zero-order chi connectivity index (χ0) is 19.4. The van der Waals surface area contributed by atoms with Gasteiger partial charge in [0.05, 0.1) is 13.2 Å². The minimum Gasteiger partial charge on any atom is -0.497 e. The van der Waals surface area contributed by atoms with Crippen molar-refractivity contribution >= 4 is 8.32 Å². The highest BCUT2D eigenvalue weighted by Crippen LogP contribution is 2.50. The third kappa shape index (κ3) is 4.68. The summed E-state index contributed by atoms with van der Waals surface area (Å²) in [6, 6.07) is 8.45. The highest BCUT2D eigenvalue weighted by molar-refractivity contribution is 6.77. The van der Waals surface area contributed by atoms with Gasteiger partial charge in [0.2, 0.25) is 8.32 Å². The molecular weight excluding hydrogens is 324 g/mol. The maximum absolute atomic E-state index is 7.25. The molecule has 0 radical (unpaired) electrons. The molecule has 0 saturated carbocycles. The maximum atomic E-state index is 7.25. The molecule has 3 heteroatoms. The molecule has 2 nitrogen and oxygen atoms in total. The fraction of sp³-hybridized carbons (Fsp3) is 0.727. The smallest absolute Gasteiger partial charge is 0.201 e. The van der Waals surface area contributed by atoms with Gasteiger partial charge in [0.15, 0.2) is 0 Å². The van der Waals surface area contributed by atoms with E-state index in [-0.39, 0.29) is 11.5 Å². The summed E-state index contributed by atoms with van der Waals surface area (Å²) in [6.07, 6.45) is 1.17. The topological polar surface area (TPSA) is 18.5 Å². The molecule has 0 aliphatic heterocycles. The summed E-state index contributed by atoms with van der Waals surface area (Å²) in [4.78, 5) is 0. The predicted molar refractivity (Wildman–Crippen MR) is 112 cm³/mol. The summed E-state index contributed by atoms with van der Waals surface area (Å²) in [5.74, 6) is 0.906. The fourth-order valence-corrected chi connectivity index (χ4v) is 9.96. The quantitative estimate of drug-likeness (QED) is 0.426. The molecule has 1 atom stereocenters. The van der Waals surface area contributed by atoms with Gasteiger partial charge < -0.3 is 9.16 Å². The van der Waals surface area contributed by atoms with E-state index in [0.717, 1.165) is 12.2 Å². The molecule has 0 heterocycles. The fourth-order valence-electron chi connectivity index (χ4n) is 4.28. The Bertz CT molecular complexity index is 513. The van der Waals surface area contributed by atoms with E-state index >= 15 is 0 Å². The van der Waals surface area contributed by atoms with Gasteiger partial charge in [-0.25, -0.2) is 0 Å². The van der Waals surface area contributed by atoms with Crippen LogP contribution in [0.3, 0.4) is 0 Å². The van der Waals surface area contributed by atoms with Crippen LogP contribution >= 0.6 is 0 Å². The monoisotopic (exact) mass is 364 g/mol. The lowest BCUT2D eigenvalue weighted by Gasteiger charge is -2.48. The third-order valence-corrected chi connectivity index (χ3v) is 12.1. The zero-order valence-electron chi connectivity index (χ0n) is 18.1. The van der Waals surface area contributed by atoms with Crippen molar-refractivity contribution in [3.05, 3.63) is 29.8 Å². The third-order valence-electron chi connectivity index (χ3n) is 6.05. The Hall–Kier alpha value is -0.803. The molecule has 1 rings (SSSR count). The molecule has 0 aliphatic rings. The van der Waals surface area contributed by atoms with Gasteiger partial charge in [0.25, 0.3) is 0 Å². The number of hydrogen-bond donors (Lipinski definition) is 0. The van der Waals surface area contributed by atoms with Crippen LogP contribution in [0, 0.1) is 5.41 Å². The molecule has 1 unspecified atom stereocenters. The molecule has 1 aromatic carbocycles. The molecule has 1 aromatic rings. The average molecular weight is 365 g/mol. The Morgan fingerprint density at radius 3 is 1.88 bits per heavy atom. The van der Waals surface area contributed by atoms with Crippen LogP contribution in [0.1, 0.15) is 80.4 Å². The van der Waals surface area contributed by atoms with Crippen molar-refractivity contribution in [3.63, 3.8) is 0 Å². The molecule has 144 valence electrons. The number of rotatable bonds is 9. The van der Waals surface area contributed by atoms with Gasteiger partial charge in [-0.2, -0.15) is 0 Å². The van der Waals surface area contributed by atoms with Crippen molar-refractivity contribution in [2.75, 3.05) is 7.11 Å². The number of ether oxygens (including phenoxy) is 1. The Morgan fingerprint density at radius 2 is 1.48 bits per heavy atom. The molecule has 0 aliphatic carbocycles. The van der Waals surface area contributed by atoms with Crippen molar-refractivity contribution in [3.8, 4) is 5.75 Å². The molecular formula is C22H40O2Si.